The van der Waals surface area contributed by atoms with Crippen LogP contribution < -0.4 is 5.32 Å². The van der Waals surface area contributed by atoms with E-state index in [9.17, 15) is 22.8 Å². The fourth-order valence-electron chi connectivity index (χ4n) is 1.90. The fraction of sp³-hybridized carbons (Fsp3) is 0.111. The van der Waals surface area contributed by atoms with Gasteiger partial charge < -0.3 is 10.2 Å². The zero-order valence-electron chi connectivity index (χ0n) is 13.7. The van der Waals surface area contributed by atoms with Crippen molar-refractivity contribution < 1.29 is 22.8 Å². The molecule has 0 fully saturated rings. The molecule has 0 aliphatic carbocycles. The van der Waals surface area contributed by atoms with Gasteiger partial charge in [-0.15, -0.1) is 0 Å². The Morgan fingerprint density at radius 1 is 1.08 bits per heavy atom. The molecule has 0 bridgehead atoms. The van der Waals surface area contributed by atoms with Crippen molar-refractivity contribution in [3.63, 3.8) is 0 Å². The van der Waals surface area contributed by atoms with Crippen LogP contribution in [-0.4, -0.2) is 30.3 Å². The van der Waals surface area contributed by atoms with Gasteiger partial charge in [-0.25, -0.2) is 13.2 Å². The Labute approximate surface area is 152 Å². The average Bonchev–Trinajstić information content (AvgIpc) is 2.63. The third-order valence-corrected chi connectivity index (χ3v) is 4.04. The summed E-state index contributed by atoms with van der Waals surface area (Å²) in [5.74, 6) is -5.70. The van der Waals surface area contributed by atoms with E-state index in [2.05, 4.69) is 5.32 Å². The molecular formula is C18H15F3N2O2S. The summed E-state index contributed by atoms with van der Waals surface area (Å²) in [7, 11) is 1.39. The van der Waals surface area contributed by atoms with Gasteiger partial charge in [0, 0.05) is 18.0 Å². The second-order valence-corrected chi connectivity index (χ2v) is 6.18. The monoisotopic (exact) mass is 380 g/mol. The van der Waals surface area contributed by atoms with Crippen LogP contribution in [0.25, 0.3) is 0 Å². The molecule has 0 saturated heterocycles. The average molecular weight is 380 g/mol. The van der Waals surface area contributed by atoms with E-state index in [1.807, 2.05) is 30.3 Å². The van der Waals surface area contributed by atoms with Crippen molar-refractivity contribution >= 4 is 29.3 Å². The van der Waals surface area contributed by atoms with E-state index in [4.69, 9.17) is 0 Å². The highest BCUT2D eigenvalue weighted by atomic mass is 32.2. The number of carbonyl (C=O) groups excluding carboxylic acids is 2. The lowest BCUT2D eigenvalue weighted by atomic mass is 10.2. The Bertz CT molecular complexity index is 829. The fourth-order valence-corrected chi connectivity index (χ4v) is 2.56. The number of carbonyl (C=O) groups is 2. The van der Waals surface area contributed by atoms with E-state index in [1.54, 1.807) is 5.41 Å². The van der Waals surface area contributed by atoms with Crippen LogP contribution in [0.5, 0.6) is 0 Å². The van der Waals surface area contributed by atoms with Crippen LogP contribution in [0.4, 0.5) is 18.9 Å². The first-order valence-electron chi connectivity index (χ1n) is 7.45. The number of benzene rings is 2. The number of hydrogen-bond acceptors (Lipinski definition) is 3. The maximum Gasteiger partial charge on any atom is 0.247 e. The summed E-state index contributed by atoms with van der Waals surface area (Å²) in [6.07, 6.45) is 1.29. The van der Waals surface area contributed by atoms with E-state index < -0.39 is 35.0 Å². The SMILES string of the molecule is CN(CC(=O)Nc1ccc(F)c(F)c1F)C(=O)/C=C/Sc1ccccc1. The van der Waals surface area contributed by atoms with Crippen molar-refractivity contribution in [1.29, 1.82) is 0 Å². The number of rotatable bonds is 6. The van der Waals surface area contributed by atoms with E-state index in [0.29, 0.717) is 6.07 Å². The maximum atomic E-state index is 13.5. The van der Waals surface area contributed by atoms with Crippen LogP contribution in [0.3, 0.4) is 0 Å². The predicted molar refractivity (Wildman–Crippen MR) is 94.0 cm³/mol. The van der Waals surface area contributed by atoms with E-state index >= 15 is 0 Å². The largest absolute Gasteiger partial charge is 0.333 e. The standard InChI is InChI=1S/C18H15F3N2O2S/c1-23(16(25)9-10-26-12-5-3-2-4-6-12)11-15(24)22-14-8-7-13(19)17(20)18(14)21/h2-10H,11H2,1H3,(H,22,24)/b10-9+. The molecule has 0 aromatic heterocycles. The Balaban J connectivity index is 1.88. The smallest absolute Gasteiger partial charge is 0.247 e. The number of nitrogens with zero attached hydrogens (tertiary/aromatic N) is 1. The molecule has 0 heterocycles. The highest BCUT2D eigenvalue weighted by molar-refractivity contribution is 8.02. The number of anilines is 1. The van der Waals surface area contributed by atoms with Gasteiger partial charge in [0.05, 0.1) is 12.2 Å². The highest BCUT2D eigenvalue weighted by Gasteiger charge is 2.16. The summed E-state index contributed by atoms with van der Waals surface area (Å²) >= 11 is 1.34. The molecular weight excluding hydrogens is 365 g/mol. The normalized spacial score (nSPS) is 10.8. The van der Waals surface area contributed by atoms with Crippen molar-refractivity contribution in [3.05, 3.63) is 71.4 Å². The molecule has 8 heteroatoms. The summed E-state index contributed by atoms with van der Waals surface area (Å²) in [5, 5.41) is 3.69. The van der Waals surface area contributed by atoms with Crippen molar-refractivity contribution in [2.75, 3.05) is 18.9 Å². The van der Waals surface area contributed by atoms with E-state index in [0.717, 1.165) is 15.9 Å². The summed E-state index contributed by atoms with van der Waals surface area (Å²) in [4.78, 5) is 25.9. The minimum absolute atomic E-state index is 0.377. The number of thioether (sulfide) groups is 1. The Morgan fingerprint density at radius 2 is 1.77 bits per heavy atom. The van der Waals surface area contributed by atoms with Gasteiger partial charge in [0.1, 0.15) is 0 Å². The van der Waals surface area contributed by atoms with Crippen LogP contribution in [0.1, 0.15) is 0 Å². The molecule has 0 aliphatic rings. The van der Waals surface area contributed by atoms with Gasteiger partial charge in [-0.1, -0.05) is 30.0 Å². The minimum Gasteiger partial charge on any atom is -0.333 e. The lowest BCUT2D eigenvalue weighted by Gasteiger charge is -2.15. The summed E-state index contributed by atoms with van der Waals surface area (Å²) in [6.45, 7) is -0.377. The summed E-state index contributed by atoms with van der Waals surface area (Å²) in [5.41, 5.74) is -0.495. The van der Waals surface area contributed by atoms with Crippen molar-refractivity contribution in [1.82, 2.24) is 4.90 Å². The lowest BCUT2D eigenvalue weighted by Crippen LogP contribution is -2.34. The molecule has 0 unspecified atom stereocenters. The Hall–Kier alpha value is -2.74. The van der Waals surface area contributed by atoms with Crippen LogP contribution in [-0.2, 0) is 9.59 Å². The van der Waals surface area contributed by atoms with Gasteiger partial charge >= 0.3 is 0 Å². The molecule has 0 radical (unpaired) electrons. The molecule has 1 N–H and O–H groups in total. The minimum atomic E-state index is -1.67. The number of halogens is 3. The van der Waals surface area contributed by atoms with Crippen molar-refractivity contribution in [3.8, 4) is 0 Å². The molecule has 0 atom stereocenters. The van der Waals surface area contributed by atoms with Crippen molar-refractivity contribution in [2.24, 2.45) is 0 Å². The number of nitrogens with one attached hydrogen (secondary N) is 1. The number of hydrogen-bond donors (Lipinski definition) is 1. The van der Waals surface area contributed by atoms with Gasteiger partial charge in [0.25, 0.3) is 0 Å². The first kappa shape index (κ1) is 19.6. The summed E-state index contributed by atoms with van der Waals surface area (Å²) < 4.78 is 39.5. The van der Waals surface area contributed by atoms with Crippen LogP contribution >= 0.6 is 11.8 Å². The molecule has 2 aromatic rings. The number of amides is 2. The molecule has 0 saturated carbocycles. The molecule has 2 amide bonds. The second kappa shape index (κ2) is 9.10. The van der Waals surface area contributed by atoms with Gasteiger partial charge in [-0.05, 0) is 29.7 Å². The lowest BCUT2D eigenvalue weighted by molar-refractivity contribution is -0.129. The van der Waals surface area contributed by atoms with Gasteiger partial charge in [-0.2, -0.15) is 0 Å². The Kier molecular flexibility index (Phi) is 6.85. The molecule has 2 aromatic carbocycles. The van der Waals surface area contributed by atoms with Crippen LogP contribution in [0.2, 0.25) is 0 Å². The zero-order valence-corrected chi connectivity index (χ0v) is 14.5. The van der Waals surface area contributed by atoms with E-state index in [-0.39, 0.29) is 6.54 Å². The van der Waals surface area contributed by atoms with Gasteiger partial charge in [-0.3, -0.25) is 9.59 Å². The second-order valence-electron chi connectivity index (χ2n) is 5.20. The molecule has 0 aliphatic heterocycles. The van der Waals surface area contributed by atoms with Gasteiger partial charge in [0.15, 0.2) is 17.5 Å². The quantitative estimate of drug-likeness (QED) is 0.471. The van der Waals surface area contributed by atoms with Crippen LogP contribution in [0, 0.1) is 17.5 Å². The Morgan fingerprint density at radius 3 is 2.46 bits per heavy atom. The van der Waals surface area contributed by atoms with Gasteiger partial charge in [0.2, 0.25) is 11.8 Å². The third kappa shape index (κ3) is 5.38. The molecule has 2 rings (SSSR count). The molecule has 26 heavy (non-hydrogen) atoms. The maximum absolute atomic E-state index is 13.5. The topological polar surface area (TPSA) is 49.4 Å². The number of likely N-dealkylation sites (N-methyl/N-ethyl adjacent to an activating group) is 1. The highest BCUT2D eigenvalue weighted by Crippen LogP contribution is 2.20. The predicted octanol–water partition coefficient (Wildman–Crippen LogP) is 3.81. The third-order valence-electron chi connectivity index (χ3n) is 3.22. The molecule has 4 nitrogen and oxygen atoms in total. The zero-order chi connectivity index (χ0) is 19.1. The van der Waals surface area contributed by atoms with Crippen LogP contribution in [0.15, 0.2) is 58.8 Å². The first-order valence-corrected chi connectivity index (χ1v) is 8.33. The molecule has 0 spiro atoms. The summed E-state index contributed by atoms with van der Waals surface area (Å²) in [6, 6.07) is 11.0. The first-order chi connectivity index (χ1) is 12.4. The molecule has 136 valence electrons. The van der Waals surface area contributed by atoms with Crippen molar-refractivity contribution in [2.45, 2.75) is 4.90 Å². The van der Waals surface area contributed by atoms with E-state index in [1.165, 1.54) is 24.9 Å².